The van der Waals surface area contributed by atoms with Gasteiger partial charge >= 0.3 is 0 Å². The molecule has 29 N–H and O–H groups in total. The number of pyridine rings is 2. The van der Waals surface area contributed by atoms with E-state index >= 15 is 0 Å². The monoisotopic (exact) mass is 1230 g/mol. The Kier molecular flexibility index (Phi) is 27.8. The fourth-order valence-electron chi connectivity index (χ4n) is 9.39. The van der Waals surface area contributed by atoms with Crippen molar-refractivity contribution in [3.8, 4) is 11.4 Å². The number of unbranched alkanes of at least 4 members (excludes halogenated alkanes) is 2. The summed E-state index contributed by atoms with van der Waals surface area (Å²) in [6.07, 6.45) is 5.85. The molecule has 480 valence electrons. The quantitative estimate of drug-likeness (QED) is 0.00801. The molecular formula is C56H84N26O7. The third-order valence-corrected chi connectivity index (χ3v) is 13.8. The first-order valence-electron chi connectivity index (χ1n) is 29.1. The molecule has 0 aliphatic carbocycles. The van der Waals surface area contributed by atoms with E-state index in [0.717, 1.165) is 38.4 Å². The lowest BCUT2D eigenvalue weighted by molar-refractivity contribution is -0.135. The summed E-state index contributed by atoms with van der Waals surface area (Å²) in [4.78, 5) is 133. The number of carbonyl (C=O) groups excluding carboxylic acids is 7. The molecule has 33 nitrogen and oxygen atoms in total. The molecule has 0 saturated carbocycles. The van der Waals surface area contributed by atoms with Gasteiger partial charge in [-0.15, -0.1) is 0 Å². The number of primary amides is 1. The lowest BCUT2D eigenvalue weighted by atomic mass is 10.0. The Balaban J connectivity index is 1.23. The third kappa shape index (κ3) is 23.3. The van der Waals surface area contributed by atoms with Gasteiger partial charge in [0, 0.05) is 80.0 Å². The summed E-state index contributed by atoms with van der Waals surface area (Å²) < 4.78 is 0. The summed E-state index contributed by atoms with van der Waals surface area (Å²) in [6, 6.07) is 8.31. The largest absolute Gasteiger partial charge is 0.370 e. The number of aliphatic imine (C=N–C) groups is 5. The number of rotatable bonds is 38. The molecule has 3 heterocycles. The molecule has 5 rings (SSSR count). The molecule has 0 radical (unpaired) electrons. The molecule has 0 aliphatic rings. The summed E-state index contributed by atoms with van der Waals surface area (Å²) in [5, 5.41) is 18.1. The Hall–Kier alpha value is -10.6. The average Bonchev–Trinajstić information content (AvgIpc) is 1.71. The number of nitrogens with one attached hydrogen (secondary N) is 7. The van der Waals surface area contributed by atoms with E-state index in [1.54, 1.807) is 24.5 Å². The zero-order valence-electron chi connectivity index (χ0n) is 49.6. The summed E-state index contributed by atoms with van der Waals surface area (Å²) >= 11 is 0. The maximum atomic E-state index is 14.4. The minimum Gasteiger partial charge on any atom is -0.370 e. The minimum atomic E-state index is -1.38. The minimum absolute atomic E-state index is 0.0164. The van der Waals surface area contributed by atoms with E-state index in [2.05, 4.69) is 71.8 Å². The van der Waals surface area contributed by atoms with Gasteiger partial charge in [-0.3, -0.25) is 68.5 Å². The molecule has 2 aromatic carbocycles. The fourth-order valence-corrected chi connectivity index (χ4v) is 9.39. The molecule has 5 atom stereocenters. The van der Waals surface area contributed by atoms with Crippen LogP contribution in [0, 0.1) is 0 Å². The highest BCUT2D eigenvalue weighted by atomic mass is 16.2. The number of nitrogens with zero attached hydrogens (tertiary/aromatic N) is 8. The van der Waals surface area contributed by atoms with Gasteiger partial charge in [0.15, 0.2) is 29.8 Å². The molecule has 33 heteroatoms. The van der Waals surface area contributed by atoms with E-state index in [4.69, 9.17) is 68.1 Å². The van der Waals surface area contributed by atoms with Gasteiger partial charge in [-0.2, -0.15) is 0 Å². The number of guanidine groups is 5. The summed E-state index contributed by atoms with van der Waals surface area (Å²) in [6.45, 7) is 0.729. The Bertz CT molecular complexity index is 3290. The van der Waals surface area contributed by atoms with Crippen molar-refractivity contribution in [2.45, 2.75) is 120 Å². The average molecular weight is 1230 g/mol. The molecule has 0 fully saturated rings. The molecular weight excluding hydrogens is 1150 g/mol. The van der Waals surface area contributed by atoms with Crippen LogP contribution in [-0.2, 0) is 28.8 Å². The van der Waals surface area contributed by atoms with Crippen LogP contribution in [0.5, 0.6) is 0 Å². The number of benzene rings is 2. The second-order valence-corrected chi connectivity index (χ2v) is 20.8. The Morgan fingerprint density at radius 3 is 1.26 bits per heavy atom. The van der Waals surface area contributed by atoms with Crippen LogP contribution >= 0.6 is 0 Å². The Morgan fingerprint density at radius 1 is 0.438 bits per heavy atom. The topological polar surface area (TPSA) is 594 Å². The van der Waals surface area contributed by atoms with Gasteiger partial charge in [0.25, 0.3) is 5.91 Å². The predicted molar refractivity (Wildman–Crippen MR) is 341 cm³/mol. The molecule has 5 aromatic rings. The molecule has 0 bridgehead atoms. The number of hydrogen-bond donors (Lipinski definition) is 18. The smallest absolute Gasteiger partial charge is 0.251 e. The van der Waals surface area contributed by atoms with Crippen molar-refractivity contribution >= 4 is 104 Å². The lowest BCUT2D eigenvalue weighted by Gasteiger charge is -2.27. The molecule has 0 spiro atoms. The van der Waals surface area contributed by atoms with Crippen molar-refractivity contribution in [1.29, 1.82) is 0 Å². The van der Waals surface area contributed by atoms with Crippen LogP contribution < -0.4 is 95.0 Å². The van der Waals surface area contributed by atoms with E-state index in [1.165, 1.54) is 0 Å². The zero-order valence-corrected chi connectivity index (χ0v) is 49.6. The maximum Gasteiger partial charge on any atom is 0.251 e. The number of aromatic nitrogens is 4. The molecule has 89 heavy (non-hydrogen) atoms. The van der Waals surface area contributed by atoms with Crippen LogP contribution in [0.4, 0.5) is 0 Å². The molecule has 7 amide bonds. The van der Waals surface area contributed by atoms with Crippen LogP contribution in [0.2, 0.25) is 0 Å². The highest BCUT2D eigenvalue weighted by Gasteiger charge is 2.32. The molecule has 0 aliphatic heterocycles. The van der Waals surface area contributed by atoms with Crippen molar-refractivity contribution in [3.63, 3.8) is 0 Å². The van der Waals surface area contributed by atoms with Crippen molar-refractivity contribution in [2.24, 2.45) is 88.0 Å². The molecule has 0 saturated heterocycles. The molecule has 3 aromatic heterocycles. The number of nitrogens with two attached hydrogens (primary N) is 11. The number of carbonyl (C=O) groups is 7. The second kappa shape index (κ2) is 35.7. The van der Waals surface area contributed by atoms with Gasteiger partial charge in [-0.25, -0.2) is 4.98 Å². The van der Waals surface area contributed by atoms with Gasteiger partial charge in [-0.1, -0.05) is 18.6 Å². The highest BCUT2D eigenvalue weighted by molar-refractivity contribution is 6.21. The van der Waals surface area contributed by atoms with E-state index in [0.29, 0.717) is 37.2 Å². The normalized spacial score (nSPS) is 12.6. The first-order valence-corrected chi connectivity index (χ1v) is 29.1. The standard InChI is InChI=1S/C56H84N26O7/c57-45(84)35(13-6-26-71-52(58)59)77-49(87)37(15-8-28-73-54(62)63)79-51(89)39(17-10-30-75-56(66)67)80-50(88)38(16-9-29-74-55(64)65)78-48(86)36(14-7-27-72-53(60)61)76-40(83)18-2-1-3-23-70-47(85)32-21-19-31(20-22-32)46-81-43-33-11-4-24-68-41(33)42-34(44(43)82-46)12-5-25-69-42/h4-5,11-12,19-22,24-25,35-39H,1-3,6-10,13-18,23,26-30H2,(H2,57,84)(H,70,85)(H,76,83)(H,77,87)(H,78,86)(H,79,89)(H,80,88)(H,81,82)(H4,58,59,71)(H4,60,61,72)(H4,62,63,73)(H4,64,65,74)(H4,66,67,75). The van der Waals surface area contributed by atoms with Gasteiger partial charge in [0.2, 0.25) is 35.4 Å². The van der Waals surface area contributed by atoms with Crippen LogP contribution in [0.1, 0.15) is 100 Å². The lowest BCUT2D eigenvalue weighted by Crippen LogP contribution is -2.59. The van der Waals surface area contributed by atoms with E-state index in [9.17, 15) is 33.6 Å². The van der Waals surface area contributed by atoms with E-state index in [-0.39, 0.29) is 139 Å². The van der Waals surface area contributed by atoms with Gasteiger partial charge < -0.3 is 100.0 Å². The van der Waals surface area contributed by atoms with E-state index in [1.807, 2.05) is 36.4 Å². The third-order valence-electron chi connectivity index (χ3n) is 13.8. The zero-order chi connectivity index (χ0) is 64.8. The van der Waals surface area contributed by atoms with Crippen LogP contribution in [-0.4, -0.2) is 161 Å². The Labute approximate surface area is 513 Å². The van der Waals surface area contributed by atoms with Gasteiger partial charge in [0.05, 0.1) is 22.1 Å². The van der Waals surface area contributed by atoms with Crippen molar-refractivity contribution < 1.29 is 33.6 Å². The number of imidazole rings is 1. The number of amides is 7. The van der Waals surface area contributed by atoms with Gasteiger partial charge in [0.1, 0.15) is 36.0 Å². The highest BCUT2D eigenvalue weighted by Crippen LogP contribution is 2.33. The van der Waals surface area contributed by atoms with Crippen molar-refractivity contribution in [3.05, 3.63) is 66.5 Å². The first kappa shape index (κ1) is 69.1. The summed E-state index contributed by atoms with van der Waals surface area (Å²) in [5.74, 6) is -5.18. The number of fused-ring (bicyclic) bond motifs is 6. The SMILES string of the molecule is NC(=O)C(CCCN=C(N)N)NC(=O)C(CCCN=C(N)N)NC(=O)C(CCCN=C(N)N)NC(=O)C(CCCN=C(N)N)NC(=O)C(CCCN=C(N)N)NC(=O)CCCCCNC(=O)c1ccc(-c2nc3c4cccnc4c4ncccc4c3[nH]2)cc1. The van der Waals surface area contributed by atoms with E-state index < -0.39 is 65.7 Å². The summed E-state index contributed by atoms with van der Waals surface area (Å²) in [5.41, 5.74) is 65.1. The summed E-state index contributed by atoms with van der Waals surface area (Å²) in [7, 11) is 0. The fraction of sp³-hybridized carbons (Fsp3) is 0.446. The number of aromatic amines is 1. The first-order chi connectivity index (χ1) is 42.6. The number of hydrogen-bond acceptors (Lipinski definition) is 15. The molecule has 5 unspecified atom stereocenters. The van der Waals surface area contributed by atoms with Gasteiger partial charge in [-0.05, 0) is 113 Å². The Morgan fingerprint density at radius 2 is 0.831 bits per heavy atom. The number of H-pyrrole nitrogens is 1. The van der Waals surface area contributed by atoms with Crippen molar-refractivity contribution in [2.75, 3.05) is 39.3 Å². The second-order valence-electron chi connectivity index (χ2n) is 20.8. The maximum absolute atomic E-state index is 14.4. The predicted octanol–water partition coefficient (Wildman–Crippen LogP) is -3.21. The van der Waals surface area contributed by atoms with Crippen molar-refractivity contribution in [1.82, 2.24) is 51.8 Å². The van der Waals surface area contributed by atoms with Crippen LogP contribution in [0.25, 0.3) is 44.2 Å². The van der Waals surface area contributed by atoms with Crippen LogP contribution in [0.3, 0.4) is 0 Å². The van der Waals surface area contributed by atoms with Crippen LogP contribution in [0.15, 0.2) is 85.9 Å².